The van der Waals surface area contributed by atoms with E-state index in [0.29, 0.717) is 0 Å². The van der Waals surface area contributed by atoms with Crippen LogP contribution in [0.25, 0.3) is 0 Å². The molecule has 0 spiro atoms. The van der Waals surface area contributed by atoms with Crippen LogP contribution in [0.15, 0.2) is 0 Å². The molecule has 5 nitrogen and oxygen atoms in total. The fourth-order valence-corrected chi connectivity index (χ4v) is 0.647. The lowest BCUT2D eigenvalue weighted by molar-refractivity contribution is -0.142. The molecule has 0 bridgehead atoms. The fourth-order valence-electron chi connectivity index (χ4n) is 0.360. The lowest BCUT2D eigenvalue weighted by Crippen LogP contribution is -2.14. The number of esters is 1. The Bertz CT molecular complexity index is 217. The van der Waals surface area contributed by atoms with Gasteiger partial charge in [-0.25, -0.2) is 8.42 Å². The molecule has 0 aromatic rings. The van der Waals surface area contributed by atoms with Gasteiger partial charge in [0.2, 0.25) is 0 Å². The Morgan fingerprint density at radius 2 is 2.09 bits per heavy atom. The van der Waals surface area contributed by atoms with Crippen molar-refractivity contribution in [2.75, 3.05) is 12.4 Å². The molecule has 0 amide bonds. The number of hydrogen-bond acceptors (Lipinski definition) is 5. The van der Waals surface area contributed by atoms with Crippen molar-refractivity contribution in [3.05, 3.63) is 0 Å². The molecular formula is C5H9O5S-. The molecule has 6 heteroatoms. The summed E-state index contributed by atoms with van der Waals surface area (Å²) >= 11 is 0. The number of rotatable bonds is 4. The lowest BCUT2D eigenvalue weighted by Gasteiger charge is -2.06. The monoisotopic (exact) mass is 181 g/mol. The summed E-state index contributed by atoms with van der Waals surface area (Å²) < 4.78 is 34.2. The van der Waals surface area contributed by atoms with Crippen molar-refractivity contribution in [1.82, 2.24) is 0 Å². The maximum absolute atomic E-state index is 10.4. The van der Waals surface area contributed by atoms with Gasteiger partial charge >= 0.3 is 5.97 Å². The first-order chi connectivity index (χ1) is 4.95. The minimum absolute atomic E-state index is 0.179. The molecular weight excluding hydrogens is 172 g/mol. The number of ether oxygens (including phenoxy) is 1. The van der Waals surface area contributed by atoms with Gasteiger partial charge in [-0.2, -0.15) is 0 Å². The maximum atomic E-state index is 10.4. The van der Waals surface area contributed by atoms with E-state index in [-0.39, 0.29) is 13.0 Å². The van der Waals surface area contributed by atoms with Crippen molar-refractivity contribution in [3.8, 4) is 0 Å². The molecule has 0 saturated heterocycles. The third-order valence-corrected chi connectivity index (χ3v) is 1.55. The topological polar surface area (TPSA) is 83.5 Å². The fraction of sp³-hybridized carbons (Fsp3) is 0.800. The second-order valence-electron chi connectivity index (χ2n) is 1.84. The SMILES string of the molecule is CCC(=O)OCCS(=O)(=O)[O-]. The zero-order chi connectivity index (χ0) is 8.91. The molecule has 0 radical (unpaired) electrons. The first-order valence-corrected chi connectivity index (χ1v) is 4.62. The van der Waals surface area contributed by atoms with E-state index >= 15 is 0 Å². The van der Waals surface area contributed by atoms with E-state index in [1.165, 1.54) is 0 Å². The van der Waals surface area contributed by atoms with Crippen LogP contribution in [-0.4, -0.2) is 31.3 Å². The molecule has 0 aromatic carbocycles. The van der Waals surface area contributed by atoms with Crippen molar-refractivity contribution in [3.63, 3.8) is 0 Å². The van der Waals surface area contributed by atoms with Crippen molar-refractivity contribution < 1.29 is 22.5 Å². The average Bonchev–Trinajstić information content (AvgIpc) is 1.85. The summed E-state index contributed by atoms with van der Waals surface area (Å²) in [4.78, 5) is 10.4. The van der Waals surface area contributed by atoms with Crippen LogP contribution in [0.2, 0.25) is 0 Å². The molecule has 0 fully saturated rings. The molecule has 0 saturated carbocycles. The maximum Gasteiger partial charge on any atom is 0.305 e. The van der Waals surface area contributed by atoms with Crippen LogP contribution < -0.4 is 0 Å². The molecule has 66 valence electrons. The van der Waals surface area contributed by atoms with Crippen molar-refractivity contribution >= 4 is 16.1 Å². The van der Waals surface area contributed by atoms with Crippen molar-refractivity contribution in [2.24, 2.45) is 0 Å². The summed E-state index contributed by atoms with van der Waals surface area (Å²) in [5.41, 5.74) is 0. The van der Waals surface area contributed by atoms with Crippen LogP contribution >= 0.6 is 0 Å². The zero-order valence-corrected chi connectivity index (χ0v) is 6.89. The lowest BCUT2D eigenvalue weighted by atomic mass is 10.5. The third kappa shape index (κ3) is 7.27. The molecule has 0 aliphatic heterocycles. The smallest absolute Gasteiger partial charge is 0.305 e. The van der Waals surface area contributed by atoms with Crippen LogP contribution in [0.3, 0.4) is 0 Å². The van der Waals surface area contributed by atoms with Gasteiger partial charge in [-0.05, 0) is 0 Å². The Kier molecular flexibility index (Phi) is 4.06. The van der Waals surface area contributed by atoms with E-state index in [1.54, 1.807) is 6.92 Å². The minimum Gasteiger partial charge on any atom is -0.748 e. The Balaban J connectivity index is 3.51. The first-order valence-electron chi connectivity index (χ1n) is 3.05. The van der Waals surface area contributed by atoms with Gasteiger partial charge in [0.1, 0.15) is 6.61 Å². The van der Waals surface area contributed by atoms with E-state index in [1.807, 2.05) is 0 Å². The number of carbonyl (C=O) groups excluding carboxylic acids is 1. The highest BCUT2D eigenvalue weighted by atomic mass is 32.2. The van der Waals surface area contributed by atoms with Crippen LogP contribution in [-0.2, 0) is 19.6 Å². The normalized spacial score (nSPS) is 11.1. The molecule has 0 heterocycles. The quantitative estimate of drug-likeness (QED) is 0.430. The van der Waals surface area contributed by atoms with E-state index < -0.39 is 21.8 Å². The highest BCUT2D eigenvalue weighted by Gasteiger charge is 1.99. The van der Waals surface area contributed by atoms with E-state index in [4.69, 9.17) is 0 Å². The molecule has 0 aliphatic rings. The van der Waals surface area contributed by atoms with Gasteiger partial charge in [0.15, 0.2) is 0 Å². The summed E-state index contributed by atoms with van der Waals surface area (Å²) in [6, 6.07) is 0. The van der Waals surface area contributed by atoms with E-state index in [2.05, 4.69) is 4.74 Å². The predicted molar refractivity (Wildman–Crippen MR) is 35.8 cm³/mol. The Morgan fingerprint density at radius 3 is 2.45 bits per heavy atom. The van der Waals surface area contributed by atoms with E-state index in [0.717, 1.165) is 0 Å². The zero-order valence-electron chi connectivity index (χ0n) is 6.07. The third-order valence-electron chi connectivity index (χ3n) is 0.885. The first kappa shape index (κ1) is 10.4. The van der Waals surface area contributed by atoms with Gasteiger partial charge in [-0.1, -0.05) is 6.92 Å². The second kappa shape index (κ2) is 4.30. The Hall–Kier alpha value is -0.620. The minimum atomic E-state index is -4.26. The van der Waals surface area contributed by atoms with Gasteiger partial charge in [0, 0.05) is 6.42 Å². The summed E-state index contributed by atoms with van der Waals surface area (Å²) in [5.74, 6) is -1.16. The van der Waals surface area contributed by atoms with Gasteiger partial charge in [0.25, 0.3) is 0 Å². The predicted octanol–water partition coefficient (Wildman–Crippen LogP) is -0.515. The summed E-state index contributed by atoms with van der Waals surface area (Å²) in [5, 5.41) is 0. The molecule has 0 atom stereocenters. The van der Waals surface area contributed by atoms with Crippen LogP contribution in [0.4, 0.5) is 0 Å². The largest absolute Gasteiger partial charge is 0.748 e. The Morgan fingerprint density at radius 1 is 1.55 bits per heavy atom. The molecule has 0 unspecified atom stereocenters. The van der Waals surface area contributed by atoms with Crippen LogP contribution in [0.5, 0.6) is 0 Å². The van der Waals surface area contributed by atoms with Crippen LogP contribution in [0.1, 0.15) is 13.3 Å². The number of carbonyl (C=O) groups is 1. The molecule has 0 rings (SSSR count). The van der Waals surface area contributed by atoms with Gasteiger partial charge in [-0.15, -0.1) is 0 Å². The molecule has 0 aliphatic carbocycles. The highest BCUT2D eigenvalue weighted by molar-refractivity contribution is 7.85. The molecule has 0 N–H and O–H groups in total. The van der Waals surface area contributed by atoms with Crippen molar-refractivity contribution in [1.29, 1.82) is 0 Å². The highest BCUT2D eigenvalue weighted by Crippen LogP contribution is 1.87. The second-order valence-corrected chi connectivity index (χ2v) is 3.36. The Labute approximate surface area is 65.1 Å². The summed E-state index contributed by atoms with van der Waals surface area (Å²) in [7, 11) is -4.26. The summed E-state index contributed by atoms with van der Waals surface area (Å²) in [6.07, 6.45) is 0.179. The molecule has 0 aromatic heterocycles. The molecule has 11 heavy (non-hydrogen) atoms. The summed E-state index contributed by atoms with van der Waals surface area (Å²) in [6.45, 7) is 1.23. The van der Waals surface area contributed by atoms with Crippen molar-refractivity contribution in [2.45, 2.75) is 13.3 Å². The van der Waals surface area contributed by atoms with Gasteiger partial charge in [0.05, 0.1) is 15.9 Å². The van der Waals surface area contributed by atoms with Crippen LogP contribution in [0, 0.1) is 0 Å². The van der Waals surface area contributed by atoms with Gasteiger partial charge < -0.3 is 9.29 Å². The number of hydrogen-bond donors (Lipinski definition) is 0. The van der Waals surface area contributed by atoms with E-state index in [9.17, 15) is 17.8 Å². The average molecular weight is 181 g/mol. The van der Waals surface area contributed by atoms with Gasteiger partial charge in [-0.3, -0.25) is 4.79 Å². The standard InChI is InChI=1S/C5H10O5S/c1-2-5(6)10-3-4-11(7,8)9/h2-4H2,1H3,(H,7,8,9)/p-1.